The molecule has 2 rings (SSSR count). The molecule has 20 heavy (non-hydrogen) atoms. The predicted octanol–water partition coefficient (Wildman–Crippen LogP) is 3.69. The van der Waals surface area contributed by atoms with Crippen LogP contribution in [0, 0.1) is 24.2 Å². The second kappa shape index (κ2) is 6.41. The lowest BCUT2D eigenvalue weighted by Crippen LogP contribution is -2.30. The van der Waals surface area contributed by atoms with Crippen LogP contribution in [0.15, 0.2) is 0 Å². The van der Waals surface area contributed by atoms with Gasteiger partial charge in [0, 0.05) is 24.6 Å². The first-order chi connectivity index (χ1) is 9.52. The molecular weight excluding hydrogens is 272 g/mol. The molecule has 5 heteroatoms. The normalized spacial score (nSPS) is 14.4. The van der Waals surface area contributed by atoms with Crippen LogP contribution >= 0.6 is 11.6 Å². The van der Waals surface area contributed by atoms with Gasteiger partial charge in [0.25, 0.3) is 0 Å². The van der Waals surface area contributed by atoms with Gasteiger partial charge in [0.05, 0.1) is 12.5 Å². The van der Waals surface area contributed by atoms with Crippen molar-refractivity contribution in [3.63, 3.8) is 0 Å². The summed E-state index contributed by atoms with van der Waals surface area (Å²) >= 11 is 6.26. The standard InChI is InChI=1S/C15H21ClN4/c1-10(2)9-20(8-4-7-17)15-11(3)13(16)18-14(19-15)12-5-6-12/h10,12H,4-6,8-9H2,1-3H3. The summed E-state index contributed by atoms with van der Waals surface area (Å²) in [5, 5.41) is 9.38. The number of halogens is 1. The molecule has 108 valence electrons. The van der Waals surface area contributed by atoms with Crippen LogP contribution in [-0.2, 0) is 0 Å². The van der Waals surface area contributed by atoms with E-state index in [-0.39, 0.29) is 0 Å². The highest BCUT2D eigenvalue weighted by Gasteiger charge is 2.29. The predicted molar refractivity (Wildman–Crippen MR) is 81.0 cm³/mol. The molecule has 4 nitrogen and oxygen atoms in total. The Kier molecular flexibility index (Phi) is 4.82. The highest BCUT2D eigenvalue weighted by Crippen LogP contribution is 2.40. The van der Waals surface area contributed by atoms with Crippen LogP contribution in [-0.4, -0.2) is 23.1 Å². The minimum atomic E-state index is 0.476. The quantitative estimate of drug-likeness (QED) is 0.750. The zero-order chi connectivity index (χ0) is 14.7. The van der Waals surface area contributed by atoms with Crippen LogP contribution in [0.3, 0.4) is 0 Å². The molecule has 1 aliphatic carbocycles. The van der Waals surface area contributed by atoms with Gasteiger partial charge in [0.15, 0.2) is 0 Å². The SMILES string of the molecule is Cc1c(Cl)nc(C2CC2)nc1N(CCC#N)CC(C)C. The van der Waals surface area contributed by atoms with E-state index in [1.165, 1.54) is 0 Å². The van der Waals surface area contributed by atoms with Crippen molar-refractivity contribution in [1.29, 1.82) is 5.26 Å². The molecule has 0 atom stereocenters. The third-order valence-electron chi connectivity index (χ3n) is 3.40. The highest BCUT2D eigenvalue weighted by molar-refractivity contribution is 6.30. The molecule has 0 N–H and O–H groups in total. The molecule has 0 saturated heterocycles. The summed E-state index contributed by atoms with van der Waals surface area (Å²) in [7, 11) is 0. The number of aromatic nitrogens is 2. The number of hydrogen-bond acceptors (Lipinski definition) is 4. The molecule has 0 spiro atoms. The number of anilines is 1. The van der Waals surface area contributed by atoms with Gasteiger partial charge in [-0.2, -0.15) is 5.26 Å². The second-order valence-corrected chi connectivity index (χ2v) is 6.20. The van der Waals surface area contributed by atoms with Gasteiger partial charge in [-0.05, 0) is 25.7 Å². The molecule has 1 heterocycles. The van der Waals surface area contributed by atoms with Crippen LogP contribution in [0.25, 0.3) is 0 Å². The largest absolute Gasteiger partial charge is 0.355 e. The van der Waals surface area contributed by atoms with Gasteiger partial charge in [-0.25, -0.2) is 9.97 Å². The van der Waals surface area contributed by atoms with Crippen molar-refractivity contribution in [2.45, 2.75) is 46.0 Å². The van der Waals surface area contributed by atoms with E-state index in [2.05, 4.69) is 29.8 Å². The Morgan fingerprint density at radius 1 is 1.40 bits per heavy atom. The maximum Gasteiger partial charge on any atom is 0.137 e. The Morgan fingerprint density at radius 3 is 2.65 bits per heavy atom. The van der Waals surface area contributed by atoms with Crippen molar-refractivity contribution in [2.24, 2.45) is 5.92 Å². The number of hydrogen-bond donors (Lipinski definition) is 0. The van der Waals surface area contributed by atoms with Gasteiger partial charge in [0.1, 0.15) is 16.8 Å². The molecule has 1 aromatic rings. The lowest BCUT2D eigenvalue weighted by molar-refractivity contribution is 0.605. The smallest absolute Gasteiger partial charge is 0.137 e. The van der Waals surface area contributed by atoms with E-state index < -0.39 is 0 Å². The zero-order valence-electron chi connectivity index (χ0n) is 12.4. The van der Waals surface area contributed by atoms with Gasteiger partial charge in [-0.3, -0.25) is 0 Å². The van der Waals surface area contributed by atoms with Gasteiger partial charge < -0.3 is 4.90 Å². The molecule has 1 fully saturated rings. The number of rotatable bonds is 6. The van der Waals surface area contributed by atoms with Crippen LogP contribution in [0.5, 0.6) is 0 Å². The van der Waals surface area contributed by atoms with Gasteiger partial charge in [-0.1, -0.05) is 25.4 Å². The first-order valence-corrected chi connectivity index (χ1v) is 7.56. The highest BCUT2D eigenvalue weighted by atomic mass is 35.5. The van der Waals surface area contributed by atoms with E-state index in [0.717, 1.165) is 36.6 Å². The monoisotopic (exact) mass is 292 g/mol. The summed E-state index contributed by atoms with van der Waals surface area (Å²) in [5.74, 6) is 2.74. The first-order valence-electron chi connectivity index (χ1n) is 7.18. The average molecular weight is 293 g/mol. The summed E-state index contributed by atoms with van der Waals surface area (Å²) in [6.45, 7) is 7.85. The molecule has 0 aliphatic heterocycles. The van der Waals surface area contributed by atoms with Crippen LogP contribution in [0.2, 0.25) is 5.15 Å². The Bertz CT molecular complexity index is 517. The van der Waals surface area contributed by atoms with E-state index in [9.17, 15) is 0 Å². The summed E-state index contributed by atoms with van der Waals surface area (Å²) in [5.41, 5.74) is 0.912. The summed E-state index contributed by atoms with van der Waals surface area (Å²) < 4.78 is 0. The Labute approximate surface area is 125 Å². The molecule has 0 radical (unpaired) electrons. The van der Waals surface area contributed by atoms with Crippen LogP contribution < -0.4 is 4.90 Å². The molecule has 0 unspecified atom stereocenters. The second-order valence-electron chi connectivity index (χ2n) is 5.84. The van der Waals surface area contributed by atoms with E-state index in [1.807, 2.05) is 6.92 Å². The zero-order valence-corrected chi connectivity index (χ0v) is 13.1. The average Bonchev–Trinajstić information content (AvgIpc) is 3.21. The van der Waals surface area contributed by atoms with Crippen molar-refractivity contribution < 1.29 is 0 Å². The fourth-order valence-electron chi connectivity index (χ4n) is 2.24. The number of nitriles is 1. The minimum absolute atomic E-state index is 0.476. The molecule has 1 saturated carbocycles. The molecule has 0 bridgehead atoms. The van der Waals surface area contributed by atoms with Gasteiger partial charge >= 0.3 is 0 Å². The van der Waals surface area contributed by atoms with Crippen molar-refractivity contribution in [2.75, 3.05) is 18.0 Å². The molecule has 1 aliphatic rings. The first kappa shape index (κ1) is 15.1. The topological polar surface area (TPSA) is 52.8 Å². The van der Waals surface area contributed by atoms with E-state index in [4.69, 9.17) is 21.8 Å². The van der Waals surface area contributed by atoms with E-state index in [1.54, 1.807) is 0 Å². The Morgan fingerprint density at radius 2 is 2.10 bits per heavy atom. The lowest BCUT2D eigenvalue weighted by Gasteiger charge is -2.26. The maximum absolute atomic E-state index is 8.84. The van der Waals surface area contributed by atoms with E-state index >= 15 is 0 Å². The van der Waals surface area contributed by atoms with Crippen molar-refractivity contribution in [3.05, 3.63) is 16.5 Å². The molecular formula is C15H21ClN4. The third-order valence-corrected chi connectivity index (χ3v) is 3.77. The van der Waals surface area contributed by atoms with Crippen molar-refractivity contribution in [3.8, 4) is 6.07 Å². The van der Waals surface area contributed by atoms with Gasteiger partial charge in [0.2, 0.25) is 0 Å². The minimum Gasteiger partial charge on any atom is -0.355 e. The van der Waals surface area contributed by atoms with Crippen LogP contribution in [0.1, 0.15) is 50.4 Å². The van der Waals surface area contributed by atoms with Crippen molar-refractivity contribution in [1.82, 2.24) is 9.97 Å². The Balaban J connectivity index is 2.32. The maximum atomic E-state index is 8.84. The lowest BCUT2D eigenvalue weighted by atomic mass is 10.2. The van der Waals surface area contributed by atoms with E-state index in [0.29, 0.717) is 30.0 Å². The molecule has 0 amide bonds. The summed E-state index contributed by atoms with van der Waals surface area (Å²) in [6, 6.07) is 2.21. The summed E-state index contributed by atoms with van der Waals surface area (Å²) in [4.78, 5) is 11.3. The summed E-state index contributed by atoms with van der Waals surface area (Å²) in [6.07, 6.45) is 2.80. The van der Waals surface area contributed by atoms with Gasteiger partial charge in [-0.15, -0.1) is 0 Å². The van der Waals surface area contributed by atoms with Crippen molar-refractivity contribution >= 4 is 17.4 Å². The third kappa shape index (κ3) is 3.61. The molecule has 1 aromatic heterocycles. The fraction of sp³-hybridized carbons (Fsp3) is 0.667. The number of nitrogens with zero attached hydrogens (tertiary/aromatic N) is 4. The fourth-order valence-corrected chi connectivity index (χ4v) is 2.41. The molecule has 0 aromatic carbocycles. The van der Waals surface area contributed by atoms with Crippen LogP contribution in [0.4, 0.5) is 5.82 Å². The Hall–Kier alpha value is -1.34.